The minimum Gasteiger partial charge on any atom is -0.497 e. The van der Waals surface area contributed by atoms with Crippen LogP contribution in [0.1, 0.15) is 17.4 Å². The number of methoxy groups -OCH3 is 3. The Morgan fingerprint density at radius 2 is 1.59 bits per heavy atom. The second kappa shape index (κ2) is 8.79. The molecule has 0 aliphatic carbocycles. The van der Waals surface area contributed by atoms with Crippen LogP contribution in [0.4, 0.5) is 0 Å². The first-order chi connectivity index (χ1) is 13.2. The highest BCUT2D eigenvalue weighted by atomic mass is 16.5. The van der Waals surface area contributed by atoms with E-state index in [4.69, 9.17) is 18.9 Å². The molecule has 3 rings (SSSR count). The first kappa shape index (κ1) is 18.4. The van der Waals surface area contributed by atoms with Gasteiger partial charge in [-0.2, -0.15) is 9.97 Å². The van der Waals surface area contributed by atoms with Crippen molar-refractivity contribution >= 4 is 0 Å². The van der Waals surface area contributed by atoms with Gasteiger partial charge in [-0.3, -0.25) is 0 Å². The monoisotopic (exact) mass is 368 g/mol. The molecule has 0 N–H and O–H groups in total. The molecule has 8 heteroatoms. The van der Waals surface area contributed by atoms with Crippen LogP contribution in [0.5, 0.6) is 23.5 Å². The van der Waals surface area contributed by atoms with Crippen LogP contribution in [-0.4, -0.2) is 41.3 Å². The maximum Gasteiger partial charge on any atom is 0.323 e. The number of benzene rings is 1. The van der Waals surface area contributed by atoms with Gasteiger partial charge in [-0.1, -0.05) is 12.1 Å². The molecule has 140 valence electrons. The molecule has 0 saturated heterocycles. The van der Waals surface area contributed by atoms with Gasteiger partial charge in [0.1, 0.15) is 18.2 Å². The second-order valence-electron chi connectivity index (χ2n) is 5.52. The van der Waals surface area contributed by atoms with E-state index in [1.54, 1.807) is 19.4 Å². The van der Waals surface area contributed by atoms with Crippen molar-refractivity contribution < 1.29 is 18.9 Å². The molecule has 0 saturated carbocycles. The van der Waals surface area contributed by atoms with Crippen LogP contribution in [-0.2, 0) is 6.42 Å². The van der Waals surface area contributed by atoms with Crippen molar-refractivity contribution in [3.8, 4) is 23.5 Å². The molecule has 1 aromatic carbocycles. The van der Waals surface area contributed by atoms with Crippen LogP contribution < -0.4 is 18.9 Å². The van der Waals surface area contributed by atoms with Crippen LogP contribution >= 0.6 is 0 Å². The molecule has 3 aromatic rings. The van der Waals surface area contributed by atoms with E-state index in [0.29, 0.717) is 18.2 Å². The minimum absolute atomic E-state index is 0.154. The summed E-state index contributed by atoms with van der Waals surface area (Å²) in [6.45, 7) is 0. The molecule has 2 aromatic heterocycles. The van der Waals surface area contributed by atoms with Gasteiger partial charge in [0.05, 0.1) is 27.4 Å². The van der Waals surface area contributed by atoms with Crippen LogP contribution in [0.25, 0.3) is 0 Å². The molecular formula is C19H20N4O4. The molecule has 0 aliphatic rings. The van der Waals surface area contributed by atoms with E-state index < -0.39 is 0 Å². The van der Waals surface area contributed by atoms with Crippen molar-refractivity contribution in [3.05, 3.63) is 60.2 Å². The zero-order valence-electron chi connectivity index (χ0n) is 15.3. The zero-order valence-corrected chi connectivity index (χ0v) is 15.3. The van der Waals surface area contributed by atoms with Crippen LogP contribution in [0, 0.1) is 0 Å². The Balaban J connectivity index is 1.91. The van der Waals surface area contributed by atoms with Crippen molar-refractivity contribution in [1.29, 1.82) is 0 Å². The molecule has 0 spiro atoms. The number of aromatic nitrogens is 4. The largest absolute Gasteiger partial charge is 0.497 e. The second-order valence-corrected chi connectivity index (χ2v) is 5.52. The summed E-state index contributed by atoms with van der Waals surface area (Å²) in [7, 11) is 4.67. The van der Waals surface area contributed by atoms with Gasteiger partial charge in [-0.05, 0) is 23.8 Å². The molecule has 27 heavy (non-hydrogen) atoms. The van der Waals surface area contributed by atoms with Crippen molar-refractivity contribution in [2.24, 2.45) is 0 Å². The molecule has 2 heterocycles. The standard InChI is InChI=1S/C19H20N4O4/c1-24-15-6-4-13(5-7-15)16(10-14-8-9-20-12-21-14)27-19-22-17(25-2)11-18(23-19)26-3/h4-9,11-12,16H,10H2,1-3H3. The van der Waals surface area contributed by atoms with Gasteiger partial charge in [0.2, 0.25) is 11.8 Å². The Labute approximate surface area is 157 Å². The normalized spacial score (nSPS) is 11.5. The van der Waals surface area contributed by atoms with E-state index in [2.05, 4.69) is 19.9 Å². The molecule has 0 aliphatic heterocycles. The van der Waals surface area contributed by atoms with Gasteiger partial charge in [-0.15, -0.1) is 0 Å². The number of hydrogen-bond donors (Lipinski definition) is 0. The quantitative estimate of drug-likeness (QED) is 0.600. The van der Waals surface area contributed by atoms with Gasteiger partial charge in [0.25, 0.3) is 0 Å². The number of hydrogen-bond acceptors (Lipinski definition) is 8. The Hall–Kier alpha value is -3.42. The van der Waals surface area contributed by atoms with Crippen molar-refractivity contribution in [3.63, 3.8) is 0 Å². The lowest BCUT2D eigenvalue weighted by Crippen LogP contribution is -2.14. The first-order valence-electron chi connectivity index (χ1n) is 8.24. The van der Waals surface area contributed by atoms with E-state index in [1.165, 1.54) is 20.5 Å². The van der Waals surface area contributed by atoms with Crippen LogP contribution in [0.2, 0.25) is 0 Å². The van der Waals surface area contributed by atoms with Gasteiger partial charge in [-0.25, -0.2) is 9.97 Å². The molecule has 1 atom stereocenters. The van der Waals surface area contributed by atoms with E-state index in [9.17, 15) is 0 Å². The lowest BCUT2D eigenvalue weighted by molar-refractivity contribution is 0.181. The lowest BCUT2D eigenvalue weighted by atomic mass is 10.0. The average Bonchev–Trinajstić information content (AvgIpc) is 2.73. The van der Waals surface area contributed by atoms with Crippen molar-refractivity contribution in [2.75, 3.05) is 21.3 Å². The fourth-order valence-corrected chi connectivity index (χ4v) is 2.45. The smallest absolute Gasteiger partial charge is 0.323 e. The predicted molar refractivity (Wildman–Crippen MR) is 97.2 cm³/mol. The third-order valence-electron chi connectivity index (χ3n) is 3.85. The van der Waals surface area contributed by atoms with Crippen LogP contribution in [0.3, 0.4) is 0 Å². The SMILES string of the molecule is COc1ccc(C(Cc2ccncn2)Oc2nc(OC)cc(OC)n2)cc1. The van der Waals surface area contributed by atoms with Gasteiger partial charge in [0.15, 0.2) is 0 Å². The van der Waals surface area contributed by atoms with E-state index in [1.807, 2.05) is 30.3 Å². The Morgan fingerprint density at radius 1 is 0.889 bits per heavy atom. The van der Waals surface area contributed by atoms with Crippen molar-refractivity contribution in [2.45, 2.75) is 12.5 Å². The topological polar surface area (TPSA) is 88.5 Å². The Kier molecular flexibility index (Phi) is 5.98. The molecular weight excluding hydrogens is 348 g/mol. The summed E-state index contributed by atoms with van der Waals surface area (Å²) in [6, 6.07) is 11.2. The van der Waals surface area contributed by atoms with Gasteiger partial charge in [0, 0.05) is 18.3 Å². The van der Waals surface area contributed by atoms with Gasteiger partial charge >= 0.3 is 6.01 Å². The van der Waals surface area contributed by atoms with Gasteiger partial charge < -0.3 is 18.9 Å². The summed E-state index contributed by atoms with van der Waals surface area (Å²) in [5.74, 6) is 1.47. The molecule has 0 radical (unpaired) electrons. The fourth-order valence-electron chi connectivity index (χ4n) is 2.45. The number of ether oxygens (including phenoxy) is 4. The zero-order chi connectivity index (χ0) is 19.1. The highest BCUT2D eigenvalue weighted by Gasteiger charge is 2.18. The first-order valence-corrected chi connectivity index (χ1v) is 8.24. The van der Waals surface area contributed by atoms with Crippen molar-refractivity contribution in [1.82, 2.24) is 19.9 Å². The maximum atomic E-state index is 6.08. The predicted octanol–water partition coefficient (Wildman–Crippen LogP) is 2.66. The third kappa shape index (κ3) is 4.81. The summed E-state index contributed by atoms with van der Waals surface area (Å²) >= 11 is 0. The molecule has 0 bridgehead atoms. The Morgan fingerprint density at radius 3 is 2.15 bits per heavy atom. The minimum atomic E-state index is -0.373. The molecule has 0 fully saturated rings. The summed E-state index contributed by atoms with van der Waals surface area (Å²) in [4.78, 5) is 16.7. The third-order valence-corrected chi connectivity index (χ3v) is 3.85. The highest BCUT2D eigenvalue weighted by molar-refractivity contribution is 5.30. The molecule has 0 amide bonds. The van der Waals surface area contributed by atoms with E-state index >= 15 is 0 Å². The average molecular weight is 368 g/mol. The Bertz CT molecular complexity index is 837. The maximum absolute atomic E-state index is 6.08. The summed E-state index contributed by atoms with van der Waals surface area (Å²) in [5, 5.41) is 0. The van der Waals surface area contributed by atoms with Crippen LogP contribution in [0.15, 0.2) is 48.9 Å². The number of rotatable bonds is 8. The lowest BCUT2D eigenvalue weighted by Gasteiger charge is -2.19. The molecule has 8 nitrogen and oxygen atoms in total. The van der Waals surface area contributed by atoms with E-state index in [-0.39, 0.29) is 12.1 Å². The van der Waals surface area contributed by atoms with E-state index in [0.717, 1.165) is 17.0 Å². The summed E-state index contributed by atoms with van der Waals surface area (Å²) in [5.41, 5.74) is 1.76. The number of nitrogens with zero attached hydrogens (tertiary/aromatic N) is 4. The highest BCUT2D eigenvalue weighted by Crippen LogP contribution is 2.27. The molecule has 1 unspecified atom stereocenters. The summed E-state index contributed by atoms with van der Waals surface area (Å²) < 4.78 is 21.7. The summed E-state index contributed by atoms with van der Waals surface area (Å²) in [6.07, 6.45) is 3.34. The fraction of sp³-hybridized carbons (Fsp3) is 0.263.